The Bertz CT molecular complexity index is 99.1. The van der Waals surface area contributed by atoms with Crippen LogP contribution >= 0.6 is 22.6 Å². The molecule has 0 aliphatic carbocycles. The van der Waals surface area contributed by atoms with Crippen molar-refractivity contribution in [2.24, 2.45) is 0 Å². The van der Waals surface area contributed by atoms with Gasteiger partial charge in [-0.3, -0.25) is 0 Å². The van der Waals surface area contributed by atoms with E-state index in [1.807, 2.05) is 11.9 Å². The molecule has 1 fully saturated rings. The predicted octanol–water partition coefficient (Wildman–Crippen LogP) is 1.46. The van der Waals surface area contributed by atoms with Gasteiger partial charge in [0.15, 0.2) is 0 Å². The highest BCUT2D eigenvalue weighted by molar-refractivity contribution is 14.1. The zero-order valence-corrected chi connectivity index (χ0v) is 7.64. The molecule has 0 radical (unpaired) electrons. The normalized spacial score (nSPS) is 39.0. The SMILES string of the molecule is CN1CCC(I)C(F)C1. The maximum Gasteiger partial charge on any atom is 0.124 e. The van der Waals surface area contributed by atoms with Gasteiger partial charge >= 0.3 is 0 Å². The molecular formula is C6H11FIN. The van der Waals surface area contributed by atoms with Crippen LogP contribution in [0.1, 0.15) is 6.42 Å². The minimum absolute atomic E-state index is 0.249. The predicted molar refractivity (Wildman–Crippen MR) is 44.8 cm³/mol. The van der Waals surface area contributed by atoms with Gasteiger partial charge < -0.3 is 4.90 Å². The van der Waals surface area contributed by atoms with Crippen molar-refractivity contribution in [2.45, 2.75) is 16.5 Å². The smallest absolute Gasteiger partial charge is 0.124 e. The summed E-state index contributed by atoms with van der Waals surface area (Å²) in [5.41, 5.74) is 0. The number of nitrogens with zero attached hydrogens (tertiary/aromatic N) is 1. The van der Waals surface area contributed by atoms with Crippen molar-refractivity contribution in [2.75, 3.05) is 20.1 Å². The zero-order valence-electron chi connectivity index (χ0n) is 5.48. The number of piperidine rings is 1. The van der Waals surface area contributed by atoms with E-state index in [9.17, 15) is 4.39 Å². The van der Waals surface area contributed by atoms with Gasteiger partial charge in [-0.1, -0.05) is 22.6 Å². The van der Waals surface area contributed by atoms with Crippen molar-refractivity contribution in [1.29, 1.82) is 0 Å². The molecule has 1 saturated heterocycles. The van der Waals surface area contributed by atoms with E-state index in [2.05, 4.69) is 22.6 Å². The summed E-state index contributed by atoms with van der Waals surface area (Å²) in [6, 6.07) is 0. The summed E-state index contributed by atoms with van der Waals surface area (Å²) < 4.78 is 13.0. The molecule has 1 heterocycles. The maximum absolute atomic E-state index is 12.8. The average molecular weight is 243 g/mol. The van der Waals surface area contributed by atoms with Crippen LogP contribution in [0.25, 0.3) is 0 Å². The first-order valence-electron chi connectivity index (χ1n) is 3.17. The summed E-state index contributed by atoms with van der Waals surface area (Å²) in [6.07, 6.45) is 0.391. The Balaban J connectivity index is 2.35. The standard InChI is InChI=1S/C6H11FIN/c1-9-3-2-6(8)5(7)4-9/h5-6H,2-4H2,1H3. The minimum atomic E-state index is -0.607. The van der Waals surface area contributed by atoms with Crippen LogP contribution in [0.5, 0.6) is 0 Å². The van der Waals surface area contributed by atoms with Crippen LogP contribution < -0.4 is 0 Å². The van der Waals surface area contributed by atoms with Crippen molar-refractivity contribution < 1.29 is 4.39 Å². The molecule has 0 spiro atoms. The Morgan fingerprint density at radius 2 is 2.33 bits per heavy atom. The van der Waals surface area contributed by atoms with Gasteiger partial charge in [-0.2, -0.15) is 0 Å². The van der Waals surface area contributed by atoms with Gasteiger partial charge in [-0.05, 0) is 20.0 Å². The molecular weight excluding hydrogens is 232 g/mol. The van der Waals surface area contributed by atoms with Gasteiger partial charge in [-0.25, -0.2) is 4.39 Å². The van der Waals surface area contributed by atoms with Gasteiger partial charge in [0.25, 0.3) is 0 Å². The second-order valence-electron chi connectivity index (χ2n) is 2.58. The highest BCUT2D eigenvalue weighted by Gasteiger charge is 2.24. The van der Waals surface area contributed by atoms with E-state index in [-0.39, 0.29) is 3.92 Å². The first-order chi connectivity index (χ1) is 4.20. The van der Waals surface area contributed by atoms with E-state index in [1.165, 1.54) is 0 Å². The summed E-state index contributed by atoms with van der Waals surface area (Å²) in [6.45, 7) is 1.67. The van der Waals surface area contributed by atoms with Gasteiger partial charge in [0.1, 0.15) is 6.17 Å². The molecule has 0 aromatic heterocycles. The Morgan fingerprint density at radius 3 is 2.78 bits per heavy atom. The largest absolute Gasteiger partial charge is 0.303 e. The third-order valence-electron chi connectivity index (χ3n) is 1.67. The van der Waals surface area contributed by atoms with Crippen molar-refractivity contribution in [3.05, 3.63) is 0 Å². The maximum atomic E-state index is 12.8. The topological polar surface area (TPSA) is 3.24 Å². The first kappa shape index (κ1) is 7.72. The van der Waals surface area contributed by atoms with E-state index >= 15 is 0 Å². The van der Waals surface area contributed by atoms with Gasteiger partial charge in [0, 0.05) is 10.5 Å². The highest BCUT2D eigenvalue weighted by atomic mass is 127. The molecule has 0 N–H and O–H groups in total. The number of likely N-dealkylation sites (tertiary alicyclic amines) is 1. The zero-order chi connectivity index (χ0) is 6.85. The van der Waals surface area contributed by atoms with E-state index in [4.69, 9.17) is 0 Å². The molecule has 1 aliphatic heterocycles. The fourth-order valence-electron chi connectivity index (χ4n) is 1.03. The van der Waals surface area contributed by atoms with Crippen LogP contribution in [0.4, 0.5) is 4.39 Å². The monoisotopic (exact) mass is 243 g/mol. The molecule has 2 unspecified atom stereocenters. The second kappa shape index (κ2) is 3.14. The Hall–Kier alpha value is 0.620. The molecule has 0 saturated carbocycles. The van der Waals surface area contributed by atoms with Crippen molar-refractivity contribution in [3.63, 3.8) is 0 Å². The molecule has 54 valence electrons. The highest BCUT2D eigenvalue weighted by Crippen LogP contribution is 2.19. The third kappa shape index (κ3) is 2.04. The van der Waals surface area contributed by atoms with Crippen molar-refractivity contribution >= 4 is 22.6 Å². The summed E-state index contributed by atoms with van der Waals surface area (Å²) in [5, 5.41) is 0. The van der Waals surface area contributed by atoms with Crippen LogP contribution in [-0.2, 0) is 0 Å². The Labute approximate surface area is 68.7 Å². The van der Waals surface area contributed by atoms with Gasteiger partial charge in [-0.15, -0.1) is 0 Å². The number of hydrogen-bond acceptors (Lipinski definition) is 1. The average Bonchev–Trinajstić information content (AvgIpc) is 1.80. The molecule has 1 aliphatic rings. The van der Waals surface area contributed by atoms with E-state index in [0.717, 1.165) is 13.0 Å². The van der Waals surface area contributed by atoms with Crippen LogP contribution in [0, 0.1) is 0 Å². The molecule has 2 atom stereocenters. The van der Waals surface area contributed by atoms with Crippen LogP contribution in [-0.4, -0.2) is 35.1 Å². The summed E-state index contributed by atoms with van der Waals surface area (Å²) >= 11 is 2.19. The van der Waals surface area contributed by atoms with Crippen molar-refractivity contribution in [3.8, 4) is 0 Å². The number of hydrogen-bond donors (Lipinski definition) is 0. The molecule has 0 bridgehead atoms. The minimum Gasteiger partial charge on any atom is -0.303 e. The second-order valence-corrected chi connectivity index (χ2v) is 4.18. The molecule has 3 heteroatoms. The van der Waals surface area contributed by atoms with Crippen molar-refractivity contribution in [1.82, 2.24) is 4.90 Å². The first-order valence-corrected chi connectivity index (χ1v) is 4.41. The lowest BCUT2D eigenvalue weighted by Crippen LogP contribution is -2.39. The number of alkyl halides is 2. The molecule has 1 nitrogen and oxygen atoms in total. The molecule has 0 aromatic rings. The lowest BCUT2D eigenvalue weighted by atomic mass is 10.1. The summed E-state index contributed by atoms with van der Waals surface area (Å²) in [7, 11) is 1.97. The third-order valence-corrected chi connectivity index (χ3v) is 3.07. The molecule has 0 aromatic carbocycles. The van der Waals surface area contributed by atoms with Crippen LogP contribution in [0.2, 0.25) is 0 Å². The van der Waals surface area contributed by atoms with E-state index in [0.29, 0.717) is 6.54 Å². The van der Waals surface area contributed by atoms with Gasteiger partial charge in [0.2, 0.25) is 0 Å². The number of rotatable bonds is 0. The lowest BCUT2D eigenvalue weighted by Gasteiger charge is -2.28. The molecule has 0 amide bonds. The fraction of sp³-hybridized carbons (Fsp3) is 1.00. The number of halogens is 2. The molecule has 1 rings (SSSR count). The quantitative estimate of drug-likeness (QED) is 0.460. The fourth-order valence-corrected chi connectivity index (χ4v) is 1.53. The van der Waals surface area contributed by atoms with E-state index < -0.39 is 6.17 Å². The summed E-state index contributed by atoms with van der Waals surface area (Å²) in [4.78, 5) is 2.04. The Morgan fingerprint density at radius 1 is 1.67 bits per heavy atom. The lowest BCUT2D eigenvalue weighted by molar-refractivity contribution is 0.175. The van der Waals surface area contributed by atoms with Gasteiger partial charge in [0.05, 0.1) is 0 Å². The van der Waals surface area contributed by atoms with Crippen LogP contribution in [0.15, 0.2) is 0 Å². The Kier molecular flexibility index (Phi) is 2.70. The summed E-state index contributed by atoms with van der Waals surface area (Å²) in [5.74, 6) is 0. The molecule has 9 heavy (non-hydrogen) atoms. The van der Waals surface area contributed by atoms with E-state index in [1.54, 1.807) is 0 Å². The van der Waals surface area contributed by atoms with Crippen LogP contribution in [0.3, 0.4) is 0 Å².